The number of halogens is 2. The van der Waals surface area contributed by atoms with E-state index in [0.29, 0.717) is 47.5 Å². The third-order valence-corrected chi connectivity index (χ3v) is 18.0. The number of nitriles is 3. The molecule has 0 saturated carbocycles. The van der Waals surface area contributed by atoms with E-state index in [4.69, 9.17) is 63.9 Å². The van der Waals surface area contributed by atoms with Crippen molar-refractivity contribution in [1.29, 1.82) is 15.8 Å². The normalized spacial score (nSPS) is 22.2. The molecule has 5 saturated heterocycles. The van der Waals surface area contributed by atoms with Crippen molar-refractivity contribution in [3.63, 3.8) is 0 Å². The number of rotatable bonds is 10. The average molecular weight is 1360 g/mol. The molecule has 5 aliphatic rings. The maximum Gasteiger partial charge on any atom is 0.410 e. The van der Waals surface area contributed by atoms with E-state index in [1.54, 1.807) is 51.7 Å². The number of benzene rings is 2. The van der Waals surface area contributed by atoms with Crippen LogP contribution < -0.4 is 19.2 Å². The van der Waals surface area contributed by atoms with E-state index in [9.17, 15) is 46.5 Å². The van der Waals surface area contributed by atoms with Gasteiger partial charge in [0.25, 0.3) is 11.8 Å². The minimum absolute atomic E-state index is 0.174. The lowest BCUT2D eigenvalue weighted by molar-refractivity contribution is 0.0269. The molecule has 0 radical (unpaired) electrons. The van der Waals surface area contributed by atoms with Gasteiger partial charge in [0.1, 0.15) is 17.2 Å². The van der Waals surface area contributed by atoms with Gasteiger partial charge < -0.3 is 44.6 Å². The minimum Gasteiger partial charge on any atom is -0.444 e. The highest BCUT2D eigenvalue weighted by Crippen LogP contribution is 2.38. The zero-order chi connectivity index (χ0) is 68.6. The molecule has 0 unspecified atom stereocenters. The van der Waals surface area contributed by atoms with Crippen molar-refractivity contribution in [3.05, 3.63) is 105 Å². The number of hydrogen-bond donors (Lipinski definition) is 5. The Morgan fingerprint density at radius 3 is 1.39 bits per heavy atom. The van der Waals surface area contributed by atoms with E-state index in [-0.39, 0.29) is 83.5 Å². The lowest BCUT2D eigenvalue weighted by Crippen LogP contribution is -2.39. The number of sulfonamides is 2. The fraction of sp³-hybridized carbons (Fsp3) is 0.516. The minimum atomic E-state index is -3.59. The summed E-state index contributed by atoms with van der Waals surface area (Å²) >= 11 is 12.4. The summed E-state index contributed by atoms with van der Waals surface area (Å²) in [5, 5.41) is 61.8. The summed E-state index contributed by atoms with van der Waals surface area (Å²) in [6, 6.07) is 14.3. The van der Waals surface area contributed by atoms with Crippen LogP contribution in [-0.4, -0.2) is 183 Å². The highest BCUT2D eigenvalue weighted by Gasteiger charge is 2.38. The van der Waals surface area contributed by atoms with Gasteiger partial charge in [-0.2, -0.15) is 15.5 Å². The molecule has 6 aromatic rings. The van der Waals surface area contributed by atoms with Crippen LogP contribution in [-0.2, 0) is 24.8 Å². The Kier molecular flexibility index (Phi) is 23.6. The van der Waals surface area contributed by atoms with Gasteiger partial charge in [0, 0.05) is 116 Å². The van der Waals surface area contributed by atoms with Crippen molar-refractivity contribution in [3.8, 4) is 19.2 Å². The fourth-order valence-electron chi connectivity index (χ4n) is 11.9. The monoisotopic (exact) mass is 1360 g/mol. The number of aliphatic hydroxyl groups excluding tert-OH is 3. The van der Waals surface area contributed by atoms with Crippen LogP contribution in [0, 0.1) is 66.6 Å². The average Bonchev–Trinajstić information content (AvgIpc) is 1.65. The molecule has 500 valence electrons. The Morgan fingerprint density at radius 2 is 1.04 bits per heavy atom. The number of hydrogen-bond acceptors (Lipinski definition) is 20. The molecule has 11 rings (SSSR count). The van der Waals surface area contributed by atoms with Crippen LogP contribution in [0.2, 0.25) is 10.0 Å². The summed E-state index contributed by atoms with van der Waals surface area (Å²) in [5.74, 6) is 0.892. The van der Waals surface area contributed by atoms with Crippen LogP contribution in [0.3, 0.4) is 0 Å². The van der Waals surface area contributed by atoms with E-state index in [1.165, 1.54) is 29.2 Å². The number of aromatic nitrogens is 6. The summed E-state index contributed by atoms with van der Waals surface area (Å²) in [7, 11) is -7.18. The van der Waals surface area contributed by atoms with E-state index in [0.717, 1.165) is 98.3 Å². The maximum atomic E-state index is 13.8. The summed E-state index contributed by atoms with van der Waals surface area (Å²) in [6.45, 7) is 24.4. The number of nitrogens with one attached hydrogen (secondary N) is 2. The van der Waals surface area contributed by atoms with Gasteiger partial charge in [-0.1, -0.05) is 37.0 Å². The second kappa shape index (κ2) is 30.3. The van der Waals surface area contributed by atoms with Gasteiger partial charge in [-0.3, -0.25) is 19.0 Å². The van der Waals surface area contributed by atoms with Crippen molar-refractivity contribution in [1.82, 2.24) is 43.9 Å². The molecule has 93 heavy (non-hydrogen) atoms. The molecule has 3 amide bonds. The number of ether oxygens (including phenoxy) is 1. The topological polar surface area (TPSA) is 361 Å². The second-order valence-corrected chi connectivity index (χ2v) is 29.3. The van der Waals surface area contributed by atoms with E-state index in [2.05, 4.69) is 32.4 Å². The molecule has 4 aromatic heterocycles. The Labute approximate surface area is 552 Å². The van der Waals surface area contributed by atoms with Gasteiger partial charge in [0.05, 0.1) is 95.3 Å². The Hall–Kier alpha value is -8.08. The van der Waals surface area contributed by atoms with Crippen molar-refractivity contribution in [2.45, 2.75) is 123 Å². The predicted molar refractivity (Wildman–Crippen MR) is 352 cm³/mol. The third-order valence-electron chi connectivity index (χ3n) is 16.3. The lowest BCUT2D eigenvalue weighted by atomic mass is 9.98. The van der Waals surface area contributed by atoms with Crippen LogP contribution in [0.15, 0.2) is 60.9 Å². The van der Waals surface area contributed by atoms with Crippen LogP contribution in [0.5, 0.6) is 0 Å². The van der Waals surface area contributed by atoms with Gasteiger partial charge in [-0.05, 0) is 110 Å². The quantitative estimate of drug-likeness (QED) is 0.0885. The molecule has 31 heteroatoms. The summed E-state index contributed by atoms with van der Waals surface area (Å²) < 4.78 is 61.1. The molecule has 0 bridgehead atoms. The predicted octanol–water partition coefficient (Wildman–Crippen LogP) is 7.51. The number of aryl methyl sites for hydroxylation is 2. The van der Waals surface area contributed by atoms with Crippen LogP contribution in [0.1, 0.15) is 128 Å². The Morgan fingerprint density at radius 1 is 0.634 bits per heavy atom. The van der Waals surface area contributed by atoms with Crippen molar-refractivity contribution < 1.29 is 51.3 Å². The summed E-state index contributed by atoms with van der Waals surface area (Å²) in [5.41, 5.74) is 4.95. The SMILES string of the molecule is C#N.C#N.CC(C)(C)OC(=O)N1C[C@H](O)[C@@H](C#N)C1.Cc1cn2nc([C@@H]3CCCCN3C(=O)c3cc(Cl)ccc3NS(C)(=O)=O)cc2nc1N1C[C@@H](C)[C@H](O)C1.Cc1cn2nc([C@@H]3CCCCN3C(=O)c3cc(Cl)ccc3NS(C)(=O)=O)cc2nc1N1C[C@H](C)[C@@H](O)C1. The van der Waals surface area contributed by atoms with Gasteiger partial charge >= 0.3 is 6.09 Å². The molecule has 9 heterocycles. The molecule has 0 spiro atoms. The number of amides is 3. The first-order chi connectivity index (χ1) is 43.8. The first kappa shape index (κ1) is 72.3. The smallest absolute Gasteiger partial charge is 0.410 e. The zero-order valence-electron chi connectivity index (χ0n) is 53.4. The maximum absolute atomic E-state index is 13.8. The molecule has 5 N–H and O–H groups in total. The van der Waals surface area contributed by atoms with Crippen LogP contribution in [0.25, 0.3) is 11.3 Å². The van der Waals surface area contributed by atoms with Gasteiger partial charge in [-0.25, -0.2) is 51.2 Å². The fourth-order valence-corrected chi connectivity index (χ4v) is 13.4. The van der Waals surface area contributed by atoms with Crippen LogP contribution >= 0.6 is 23.2 Å². The largest absolute Gasteiger partial charge is 0.444 e. The highest BCUT2D eigenvalue weighted by atomic mass is 35.5. The number of anilines is 4. The first-order valence-corrected chi connectivity index (χ1v) is 34.7. The molecule has 5 fully saturated rings. The third kappa shape index (κ3) is 18.0. The lowest BCUT2D eigenvalue weighted by Gasteiger charge is -2.35. The standard InChI is InChI=1S/2C25H31ClN6O4S.C10H16N2O3.2CHN/c2*1-15-12-30(14-22(15)33)24-16(2)13-32-23(27-24)11-20(28-32)21-6-4-5-9-31(21)25(34)18-10-17(26)7-8-19(18)29-37(3,35)36;1-10(2,3)15-9(14)12-5-7(4-11)8(13)6-12;2*1-2/h2*7-8,10-11,13,15,21-22,29,33H,4-6,9,12,14H2,1-3H3;7-8,13H,5-6H2,1-3H3;2*1H/t15-,21+,22-;15-,21-,22-;7-,8-;;/m100../s1. The number of carbonyl (C=O) groups is 3. The Balaban J connectivity index is 0.000000208. The number of piperidine rings is 2. The molecule has 0 aliphatic carbocycles. The molecule has 2 aromatic carbocycles. The Bertz CT molecular complexity index is 3780. The molecular weight excluding hydrogens is 1280 g/mol. The number of β-amino-alcohol motifs (C(OH)–C–C–N with tert-alkyl or cyclic N) is 3. The molecular formula is C62H80Cl2N16O11S2. The van der Waals surface area contributed by atoms with Crippen molar-refractivity contribution >= 4 is 95.5 Å². The number of aliphatic hydroxyl groups is 3. The van der Waals surface area contributed by atoms with Gasteiger partial charge in [0.15, 0.2) is 11.3 Å². The van der Waals surface area contributed by atoms with E-state index in [1.807, 2.05) is 58.3 Å². The second-order valence-electron chi connectivity index (χ2n) is 25.0. The van der Waals surface area contributed by atoms with Gasteiger partial charge in [-0.15, -0.1) is 0 Å². The molecule has 27 nitrogen and oxygen atoms in total. The molecule has 8 atom stereocenters. The summed E-state index contributed by atoms with van der Waals surface area (Å²) in [6.07, 6.45) is 8.95. The van der Waals surface area contributed by atoms with Crippen LogP contribution in [0.4, 0.5) is 27.8 Å². The van der Waals surface area contributed by atoms with Gasteiger partial charge in [0.2, 0.25) is 20.0 Å². The number of nitrogens with zero attached hydrogens (tertiary/aromatic N) is 14. The number of carbonyl (C=O) groups excluding carboxylic acids is 3. The van der Waals surface area contributed by atoms with Crippen molar-refractivity contribution in [2.24, 2.45) is 17.8 Å². The first-order valence-electron chi connectivity index (χ1n) is 30.2. The zero-order valence-corrected chi connectivity index (χ0v) is 56.5. The number of likely N-dealkylation sites (tertiary alicyclic amines) is 3. The van der Waals surface area contributed by atoms with E-state index >= 15 is 0 Å². The van der Waals surface area contributed by atoms with Crippen molar-refractivity contribution in [2.75, 3.05) is 84.1 Å². The molecule has 5 aliphatic heterocycles. The highest BCUT2D eigenvalue weighted by molar-refractivity contribution is 7.92. The summed E-state index contributed by atoms with van der Waals surface area (Å²) in [4.78, 5) is 57.8. The van der Waals surface area contributed by atoms with E-state index < -0.39 is 43.8 Å². The number of fused-ring (bicyclic) bond motifs is 2.